The highest BCUT2D eigenvalue weighted by molar-refractivity contribution is 5.95. The zero-order valence-electron chi connectivity index (χ0n) is 12.4. The summed E-state index contributed by atoms with van der Waals surface area (Å²) in [6.45, 7) is 2.01. The van der Waals surface area contributed by atoms with Crippen LogP contribution in [0.15, 0.2) is 36.5 Å². The van der Waals surface area contributed by atoms with Crippen molar-refractivity contribution in [1.29, 1.82) is 0 Å². The van der Waals surface area contributed by atoms with Crippen molar-refractivity contribution < 1.29 is 9.53 Å². The minimum Gasteiger partial charge on any atom is -0.383 e. The van der Waals surface area contributed by atoms with Gasteiger partial charge in [-0.1, -0.05) is 12.1 Å². The zero-order valence-corrected chi connectivity index (χ0v) is 13.3. The first-order valence-electron chi connectivity index (χ1n) is 6.55. The number of rotatable bonds is 5. The second kappa shape index (κ2) is 8.43. The number of nitrogens with two attached hydrogens (primary N) is 1. The number of amides is 1. The standard InChI is InChI=1S/C15H18N4O2.ClH/c1-10-17-7-6-14(18-10)11-4-3-5-12(8-11)19-15(20)13(16)9-21-2;/h3-8,13H,9,16H2,1-2H3,(H,19,20);1H. The number of carbonyl (C=O) groups excluding carboxylic acids is 1. The van der Waals surface area contributed by atoms with Crippen LogP contribution in [0.5, 0.6) is 0 Å². The van der Waals surface area contributed by atoms with Gasteiger partial charge in [-0.25, -0.2) is 9.97 Å². The Morgan fingerprint density at radius 3 is 2.86 bits per heavy atom. The Morgan fingerprint density at radius 2 is 2.18 bits per heavy atom. The van der Waals surface area contributed by atoms with Gasteiger partial charge in [0.25, 0.3) is 0 Å². The SMILES string of the molecule is COCC(N)C(=O)Nc1cccc(-c2ccnc(C)n2)c1.Cl. The molecular weight excluding hydrogens is 304 g/mol. The first-order chi connectivity index (χ1) is 10.1. The van der Waals surface area contributed by atoms with E-state index >= 15 is 0 Å². The molecule has 1 unspecified atom stereocenters. The van der Waals surface area contributed by atoms with E-state index in [9.17, 15) is 4.79 Å². The van der Waals surface area contributed by atoms with Gasteiger partial charge in [-0.2, -0.15) is 0 Å². The fourth-order valence-corrected chi connectivity index (χ4v) is 1.86. The average Bonchev–Trinajstić information content (AvgIpc) is 2.48. The molecular formula is C15H19ClN4O2. The van der Waals surface area contributed by atoms with Gasteiger partial charge >= 0.3 is 0 Å². The summed E-state index contributed by atoms with van der Waals surface area (Å²) < 4.78 is 4.87. The van der Waals surface area contributed by atoms with Crippen molar-refractivity contribution in [3.63, 3.8) is 0 Å². The molecule has 7 heteroatoms. The number of ether oxygens (including phenoxy) is 1. The summed E-state index contributed by atoms with van der Waals surface area (Å²) in [5.41, 5.74) is 8.06. The van der Waals surface area contributed by atoms with Gasteiger partial charge < -0.3 is 15.8 Å². The predicted octanol–water partition coefficient (Wildman–Crippen LogP) is 1.79. The smallest absolute Gasteiger partial charge is 0.243 e. The topological polar surface area (TPSA) is 90.1 Å². The molecule has 1 aromatic heterocycles. The highest BCUT2D eigenvalue weighted by Gasteiger charge is 2.13. The molecule has 1 heterocycles. The molecule has 0 aliphatic carbocycles. The number of anilines is 1. The molecule has 0 saturated carbocycles. The maximum absolute atomic E-state index is 11.9. The number of nitrogens with one attached hydrogen (secondary N) is 1. The van der Waals surface area contributed by atoms with E-state index in [4.69, 9.17) is 10.5 Å². The molecule has 2 aromatic rings. The molecule has 0 aliphatic rings. The molecule has 3 N–H and O–H groups in total. The fraction of sp³-hybridized carbons (Fsp3) is 0.267. The average molecular weight is 323 g/mol. The van der Waals surface area contributed by atoms with Gasteiger partial charge in [-0.15, -0.1) is 12.4 Å². The summed E-state index contributed by atoms with van der Waals surface area (Å²) in [6, 6.07) is 8.55. The first-order valence-corrected chi connectivity index (χ1v) is 6.55. The number of hydrogen-bond donors (Lipinski definition) is 2. The molecule has 1 amide bonds. The van der Waals surface area contributed by atoms with Gasteiger partial charge in [-0.05, 0) is 25.1 Å². The number of halogens is 1. The molecule has 1 aromatic carbocycles. The Bertz CT molecular complexity index is 636. The first kappa shape index (κ1) is 18.0. The maximum Gasteiger partial charge on any atom is 0.243 e. The summed E-state index contributed by atoms with van der Waals surface area (Å²) in [4.78, 5) is 20.3. The van der Waals surface area contributed by atoms with E-state index < -0.39 is 6.04 Å². The maximum atomic E-state index is 11.9. The Hall–Kier alpha value is -2.02. The molecule has 0 saturated heterocycles. The summed E-state index contributed by atoms with van der Waals surface area (Å²) in [6.07, 6.45) is 1.71. The van der Waals surface area contributed by atoms with Crippen LogP contribution in [-0.4, -0.2) is 35.6 Å². The number of nitrogens with zero attached hydrogens (tertiary/aromatic N) is 2. The molecule has 0 spiro atoms. The van der Waals surface area contributed by atoms with Crippen molar-refractivity contribution in [1.82, 2.24) is 9.97 Å². The minimum absolute atomic E-state index is 0. The second-order valence-corrected chi connectivity index (χ2v) is 4.62. The van der Waals surface area contributed by atoms with Crippen molar-refractivity contribution in [3.05, 3.63) is 42.4 Å². The summed E-state index contributed by atoms with van der Waals surface area (Å²) >= 11 is 0. The van der Waals surface area contributed by atoms with Crippen LogP contribution in [0.25, 0.3) is 11.3 Å². The van der Waals surface area contributed by atoms with Crippen molar-refractivity contribution in [2.75, 3.05) is 19.0 Å². The van der Waals surface area contributed by atoms with Crippen LogP contribution in [0.3, 0.4) is 0 Å². The van der Waals surface area contributed by atoms with E-state index in [2.05, 4.69) is 15.3 Å². The Morgan fingerprint density at radius 1 is 1.41 bits per heavy atom. The van der Waals surface area contributed by atoms with Gasteiger partial charge in [0.15, 0.2) is 0 Å². The zero-order chi connectivity index (χ0) is 15.2. The minimum atomic E-state index is -0.694. The quantitative estimate of drug-likeness (QED) is 0.875. The highest BCUT2D eigenvalue weighted by atomic mass is 35.5. The van der Waals surface area contributed by atoms with Crippen molar-refractivity contribution >= 4 is 24.0 Å². The van der Waals surface area contributed by atoms with Crippen molar-refractivity contribution in [3.8, 4) is 11.3 Å². The molecule has 0 radical (unpaired) electrons. The normalized spacial score (nSPS) is 11.4. The van der Waals surface area contributed by atoms with E-state index in [1.54, 1.807) is 12.3 Å². The van der Waals surface area contributed by atoms with Gasteiger partial charge in [0.1, 0.15) is 11.9 Å². The fourth-order valence-electron chi connectivity index (χ4n) is 1.86. The molecule has 2 rings (SSSR count). The number of carbonyl (C=O) groups is 1. The predicted molar refractivity (Wildman–Crippen MR) is 87.9 cm³/mol. The highest BCUT2D eigenvalue weighted by Crippen LogP contribution is 2.20. The largest absolute Gasteiger partial charge is 0.383 e. The number of methoxy groups -OCH3 is 1. The lowest BCUT2D eigenvalue weighted by atomic mass is 10.1. The molecule has 118 valence electrons. The van der Waals surface area contributed by atoms with Crippen LogP contribution in [-0.2, 0) is 9.53 Å². The van der Waals surface area contributed by atoms with Crippen molar-refractivity contribution in [2.45, 2.75) is 13.0 Å². The lowest BCUT2D eigenvalue weighted by Crippen LogP contribution is -2.39. The van der Waals surface area contributed by atoms with Crippen LogP contribution < -0.4 is 11.1 Å². The second-order valence-electron chi connectivity index (χ2n) is 4.62. The van der Waals surface area contributed by atoms with E-state index in [0.717, 1.165) is 11.3 Å². The molecule has 6 nitrogen and oxygen atoms in total. The van der Waals surface area contributed by atoms with Gasteiger partial charge in [0, 0.05) is 24.6 Å². The van der Waals surface area contributed by atoms with E-state index in [0.29, 0.717) is 11.5 Å². The van der Waals surface area contributed by atoms with Gasteiger partial charge in [-0.3, -0.25) is 4.79 Å². The summed E-state index contributed by atoms with van der Waals surface area (Å²) in [7, 11) is 1.51. The third-order valence-corrected chi connectivity index (χ3v) is 2.88. The lowest BCUT2D eigenvalue weighted by Gasteiger charge is -2.12. The summed E-state index contributed by atoms with van der Waals surface area (Å²) in [5, 5.41) is 2.76. The third kappa shape index (κ3) is 4.77. The van der Waals surface area contributed by atoms with E-state index in [1.165, 1.54) is 7.11 Å². The Kier molecular flexibility index (Phi) is 6.91. The summed E-state index contributed by atoms with van der Waals surface area (Å²) in [5.74, 6) is 0.414. The third-order valence-electron chi connectivity index (χ3n) is 2.88. The van der Waals surface area contributed by atoms with Gasteiger partial charge in [0.2, 0.25) is 5.91 Å². The van der Waals surface area contributed by atoms with Crippen LogP contribution >= 0.6 is 12.4 Å². The molecule has 0 aliphatic heterocycles. The van der Waals surface area contributed by atoms with E-state index in [1.807, 2.05) is 31.2 Å². The van der Waals surface area contributed by atoms with Gasteiger partial charge in [0.05, 0.1) is 12.3 Å². The molecule has 1 atom stereocenters. The van der Waals surface area contributed by atoms with Crippen LogP contribution in [0.1, 0.15) is 5.82 Å². The van der Waals surface area contributed by atoms with E-state index in [-0.39, 0.29) is 24.9 Å². The van der Waals surface area contributed by atoms with Crippen LogP contribution in [0.4, 0.5) is 5.69 Å². The van der Waals surface area contributed by atoms with Crippen LogP contribution in [0, 0.1) is 6.92 Å². The molecule has 0 fully saturated rings. The Balaban J connectivity index is 0.00000242. The number of aromatic nitrogens is 2. The number of aryl methyl sites for hydroxylation is 1. The van der Waals surface area contributed by atoms with Crippen molar-refractivity contribution in [2.24, 2.45) is 5.73 Å². The number of hydrogen-bond acceptors (Lipinski definition) is 5. The van der Waals surface area contributed by atoms with Crippen LogP contribution in [0.2, 0.25) is 0 Å². The number of benzene rings is 1. The molecule has 0 bridgehead atoms. The lowest BCUT2D eigenvalue weighted by molar-refractivity contribution is -0.118. The monoisotopic (exact) mass is 322 g/mol. The molecule has 22 heavy (non-hydrogen) atoms. The Labute approximate surface area is 135 Å².